The van der Waals surface area contributed by atoms with Crippen LogP contribution in [0.3, 0.4) is 0 Å². The quantitative estimate of drug-likeness (QED) is 0.757. The zero-order valence-corrected chi connectivity index (χ0v) is 9.51. The zero-order valence-electron chi connectivity index (χ0n) is 9.51. The fraction of sp³-hybridized carbons (Fsp3) is 0.333. The van der Waals surface area contributed by atoms with Gasteiger partial charge in [0.15, 0.2) is 0 Å². The third-order valence-corrected chi connectivity index (χ3v) is 3.06. The number of rotatable bonds is 4. The van der Waals surface area contributed by atoms with E-state index in [0.717, 1.165) is 13.1 Å². The maximum atomic E-state index is 11.3. The molecule has 1 saturated heterocycles. The van der Waals surface area contributed by atoms with Crippen molar-refractivity contribution in [2.24, 2.45) is 5.73 Å². The monoisotopic (exact) mass is 234 g/mol. The van der Waals surface area contributed by atoms with Crippen LogP contribution < -0.4 is 5.73 Å². The first-order chi connectivity index (χ1) is 8.06. The van der Waals surface area contributed by atoms with Gasteiger partial charge in [-0.3, -0.25) is 9.69 Å². The van der Waals surface area contributed by atoms with Crippen LogP contribution in [0.2, 0.25) is 0 Å². The highest BCUT2D eigenvalue weighted by atomic mass is 16.4. The molecule has 5 heteroatoms. The normalized spacial score (nSPS) is 22.2. The van der Waals surface area contributed by atoms with E-state index in [-0.39, 0.29) is 11.6 Å². The van der Waals surface area contributed by atoms with Gasteiger partial charge in [-0.2, -0.15) is 0 Å². The Morgan fingerprint density at radius 3 is 2.59 bits per heavy atom. The lowest BCUT2D eigenvalue weighted by Crippen LogP contribution is -2.17. The molecule has 1 amide bonds. The van der Waals surface area contributed by atoms with E-state index in [4.69, 9.17) is 10.8 Å². The maximum absolute atomic E-state index is 11.3. The Hall–Kier alpha value is -1.88. The Morgan fingerprint density at radius 2 is 2.12 bits per heavy atom. The highest BCUT2D eigenvalue weighted by molar-refractivity contribution is 5.99. The standard InChI is InChI=1S/C12H14N2O3/c1-2-14-6-9(14)10-7(11(13)15)4-3-5-8(10)12(16)17/h3-5,9H,2,6H2,1H3,(H2,13,15)(H,16,17). The van der Waals surface area contributed by atoms with E-state index < -0.39 is 11.9 Å². The number of hydrogen-bond donors (Lipinski definition) is 2. The molecule has 0 aromatic heterocycles. The van der Waals surface area contributed by atoms with Gasteiger partial charge in [0.05, 0.1) is 5.56 Å². The van der Waals surface area contributed by atoms with Crippen molar-refractivity contribution in [1.29, 1.82) is 0 Å². The summed E-state index contributed by atoms with van der Waals surface area (Å²) >= 11 is 0. The Balaban J connectivity index is 2.52. The maximum Gasteiger partial charge on any atom is 0.336 e. The van der Waals surface area contributed by atoms with Crippen molar-refractivity contribution in [2.75, 3.05) is 13.1 Å². The van der Waals surface area contributed by atoms with Gasteiger partial charge in [-0.15, -0.1) is 0 Å². The Morgan fingerprint density at radius 1 is 1.47 bits per heavy atom. The Kier molecular flexibility index (Phi) is 2.85. The number of aromatic carboxylic acids is 1. The minimum absolute atomic E-state index is 0.00907. The zero-order chi connectivity index (χ0) is 12.6. The van der Waals surface area contributed by atoms with Gasteiger partial charge in [0.1, 0.15) is 0 Å². The van der Waals surface area contributed by atoms with E-state index in [1.54, 1.807) is 12.1 Å². The molecule has 1 aliphatic heterocycles. The first-order valence-electron chi connectivity index (χ1n) is 5.46. The Labute approximate surface area is 98.8 Å². The molecule has 2 atom stereocenters. The lowest BCUT2D eigenvalue weighted by atomic mass is 9.97. The molecule has 0 bridgehead atoms. The van der Waals surface area contributed by atoms with Crippen molar-refractivity contribution in [3.63, 3.8) is 0 Å². The van der Waals surface area contributed by atoms with E-state index in [0.29, 0.717) is 11.1 Å². The predicted octanol–water partition coefficient (Wildman–Crippen LogP) is 0.860. The van der Waals surface area contributed by atoms with Crippen LogP contribution >= 0.6 is 0 Å². The van der Waals surface area contributed by atoms with Crippen LogP contribution in [0.5, 0.6) is 0 Å². The van der Waals surface area contributed by atoms with Crippen LogP contribution in [0, 0.1) is 0 Å². The second-order valence-electron chi connectivity index (χ2n) is 4.04. The van der Waals surface area contributed by atoms with Gasteiger partial charge in [-0.1, -0.05) is 13.0 Å². The van der Waals surface area contributed by atoms with E-state index >= 15 is 0 Å². The number of carboxylic acid groups (broad SMARTS) is 1. The van der Waals surface area contributed by atoms with Crippen LogP contribution in [0.15, 0.2) is 18.2 Å². The summed E-state index contributed by atoms with van der Waals surface area (Å²) in [4.78, 5) is 24.6. The number of benzene rings is 1. The number of nitrogens with two attached hydrogens (primary N) is 1. The van der Waals surface area contributed by atoms with Crippen LogP contribution in [0.4, 0.5) is 0 Å². The van der Waals surface area contributed by atoms with Crippen LogP contribution in [-0.2, 0) is 0 Å². The summed E-state index contributed by atoms with van der Waals surface area (Å²) in [7, 11) is 0. The number of hydrogen-bond acceptors (Lipinski definition) is 3. The number of amides is 1. The topological polar surface area (TPSA) is 83.4 Å². The molecule has 2 rings (SSSR count). The van der Waals surface area contributed by atoms with Crippen molar-refractivity contribution in [3.8, 4) is 0 Å². The summed E-state index contributed by atoms with van der Waals surface area (Å²) in [5.74, 6) is -1.60. The highest BCUT2D eigenvalue weighted by Gasteiger charge is 2.38. The fourth-order valence-corrected chi connectivity index (χ4v) is 2.12. The summed E-state index contributed by atoms with van der Waals surface area (Å²) in [6.07, 6.45) is 0. The van der Waals surface area contributed by atoms with Crippen LogP contribution in [0.1, 0.15) is 39.2 Å². The van der Waals surface area contributed by atoms with Crippen molar-refractivity contribution in [1.82, 2.24) is 4.90 Å². The van der Waals surface area contributed by atoms with Gasteiger partial charge in [0.25, 0.3) is 0 Å². The third-order valence-electron chi connectivity index (χ3n) is 3.06. The molecule has 5 nitrogen and oxygen atoms in total. The fourth-order valence-electron chi connectivity index (χ4n) is 2.12. The summed E-state index contributed by atoms with van der Waals surface area (Å²) in [5, 5.41) is 9.14. The highest BCUT2D eigenvalue weighted by Crippen LogP contribution is 2.38. The molecule has 1 aliphatic rings. The number of likely N-dealkylation sites (N-methyl/N-ethyl adjacent to an activating group) is 1. The van der Waals surface area contributed by atoms with Gasteiger partial charge < -0.3 is 10.8 Å². The molecule has 1 fully saturated rings. The average molecular weight is 234 g/mol. The molecule has 3 N–H and O–H groups in total. The SMILES string of the molecule is CCN1CC1c1c(C(N)=O)cccc1C(=O)O. The minimum Gasteiger partial charge on any atom is -0.478 e. The number of nitrogens with zero attached hydrogens (tertiary/aromatic N) is 1. The van der Waals surface area contributed by atoms with E-state index in [1.807, 2.05) is 6.92 Å². The van der Waals surface area contributed by atoms with Gasteiger partial charge in [0.2, 0.25) is 5.91 Å². The van der Waals surface area contributed by atoms with Crippen LogP contribution in [-0.4, -0.2) is 35.0 Å². The molecule has 90 valence electrons. The summed E-state index contributed by atoms with van der Waals surface area (Å²) < 4.78 is 0. The molecular formula is C12H14N2O3. The molecule has 0 aliphatic carbocycles. The summed E-state index contributed by atoms with van der Waals surface area (Å²) in [5.41, 5.74) is 6.32. The minimum atomic E-state index is -1.02. The molecule has 1 aromatic carbocycles. The second-order valence-corrected chi connectivity index (χ2v) is 4.04. The summed E-state index contributed by atoms with van der Waals surface area (Å²) in [6.45, 7) is 3.60. The van der Waals surface area contributed by atoms with Gasteiger partial charge >= 0.3 is 5.97 Å². The number of carbonyl (C=O) groups excluding carboxylic acids is 1. The average Bonchev–Trinajstić information content (AvgIpc) is 3.06. The molecule has 0 radical (unpaired) electrons. The largest absolute Gasteiger partial charge is 0.478 e. The first-order valence-corrected chi connectivity index (χ1v) is 5.46. The molecule has 1 aromatic rings. The number of carboxylic acids is 1. The lowest BCUT2D eigenvalue weighted by molar-refractivity contribution is 0.0695. The van der Waals surface area contributed by atoms with Crippen molar-refractivity contribution < 1.29 is 14.7 Å². The second kappa shape index (κ2) is 4.18. The van der Waals surface area contributed by atoms with Gasteiger partial charge in [0, 0.05) is 18.2 Å². The molecule has 17 heavy (non-hydrogen) atoms. The van der Waals surface area contributed by atoms with Gasteiger partial charge in [-0.25, -0.2) is 4.79 Å². The van der Waals surface area contributed by atoms with Crippen molar-refractivity contribution >= 4 is 11.9 Å². The predicted molar refractivity (Wildman–Crippen MR) is 61.9 cm³/mol. The third kappa shape index (κ3) is 2.01. The van der Waals surface area contributed by atoms with Crippen LogP contribution in [0.25, 0.3) is 0 Å². The molecule has 2 unspecified atom stereocenters. The summed E-state index contributed by atoms with van der Waals surface area (Å²) in [6, 6.07) is 4.65. The molecule has 1 heterocycles. The Bertz CT molecular complexity index is 452. The van der Waals surface area contributed by atoms with Gasteiger partial charge in [-0.05, 0) is 24.2 Å². The number of carbonyl (C=O) groups is 2. The first kappa shape index (κ1) is 11.6. The molecular weight excluding hydrogens is 220 g/mol. The lowest BCUT2D eigenvalue weighted by Gasteiger charge is -2.10. The smallest absolute Gasteiger partial charge is 0.336 e. The van der Waals surface area contributed by atoms with E-state index in [1.165, 1.54) is 6.07 Å². The molecule has 0 spiro atoms. The molecule has 0 saturated carbocycles. The number of primary amides is 1. The van der Waals surface area contributed by atoms with E-state index in [9.17, 15) is 9.59 Å². The van der Waals surface area contributed by atoms with Crippen molar-refractivity contribution in [2.45, 2.75) is 13.0 Å². The van der Waals surface area contributed by atoms with Crippen molar-refractivity contribution in [3.05, 3.63) is 34.9 Å². The van der Waals surface area contributed by atoms with E-state index in [2.05, 4.69) is 4.90 Å².